The fourth-order valence-corrected chi connectivity index (χ4v) is 3.08. The number of aromatic amines is 1. The van der Waals surface area contributed by atoms with Crippen LogP contribution >= 0.6 is 0 Å². The van der Waals surface area contributed by atoms with E-state index in [1.54, 1.807) is 17.0 Å². The topological polar surface area (TPSA) is 49.8 Å². The molecule has 0 aliphatic heterocycles. The fraction of sp³-hybridized carbons (Fsp3) is 0.438. The summed E-state index contributed by atoms with van der Waals surface area (Å²) < 4.78 is 1.60. The van der Waals surface area contributed by atoms with E-state index >= 15 is 0 Å². The van der Waals surface area contributed by atoms with Crippen molar-refractivity contribution < 1.29 is 0 Å². The molecule has 0 spiro atoms. The SMILES string of the molecule is CC(Nc1ccc(-n2cc[nH]c2=O)cc1)C1CCCC1. The Hall–Kier alpha value is -1.97. The summed E-state index contributed by atoms with van der Waals surface area (Å²) in [6.45, 7) is 2.26. The largest absolute Gasteiger partial charge is 0.382 e. The summed E-state index contributed by atoms with van der Waals surface area (Å²) in [4.78, 5) is 14.2. The molecular weight excluding hydrogens is 250 g/mol. The molecule has 1 saturated carbocycles. The summed E-state index contributed by atoms with van der Waals surface area (Å²) in [5.74, 6) is 0.793. The third-order valence-corrected chi connectivity index (χ3v) is 4.30. The maximum atomic E-state index is 11.5. The minimum Gasteiger partial charge on any atom is -0.382 e. The van der Waals surface area contributed by atoms with Crippen molar-refractivity contribution in [1.82, 2.24) is 9.55 Å². The Bertz CT molecular complexity index is 605. The lowest BCUT2D eigenvalue weighted by molar-refractivity contribution is 0.482. The highest BCUT2D eigenvalue weighted by molar-refractivity contribution is 5.49. The first-order valence-corrected chi connectivity index (χ1v) is 7.37. The zero-order valence-electron chi connectivity index (χ0n) is 11.8. The van der Waals surface area contributed by atoms with Crippen molar-refractivity contribution >= 4 is 5.69 Å². The first kappa shape index (κ1) is 13.0. The molecule has 2 N–H and O–H groups in total. The van der Waals surface area contributed by atoms with Gasteiger partial charge in [-0.25, -0.2) is 4.79 Å². The molecule has 4 nitrogen and oxygen atoms in total. The van der Waals surface area contributed by atoms with Crippen LogP contribution in [0.5, 0.6) is 0 Å². The Morgan fingerprint density at radius 3 is 2.55 bits per heavy atom. The van der Waals surface area contributed by atoms with E-state index in [9.17, 15) is 4.79 Å². The Balaban J connectivity index is 1.70. The first-order valence-electron chi connectivity index (χ1n) is 7.37. The predicted octanol–water partition coefficient (Wildman–Crippen LogP) is 3.16. The molecule has 2 aromatic rings. The van der Waals surface area contributed by atoms with Crippen LogP contribution in [0.2, 0.25) is 0 Å². The van der Waals surface area contributed by atoms with Gasteiger partial charge in [-0.2, -0.15) is 0 Å². The number of nitrogens with one attached hydrogen (secondary N) is 2. The van der Waals surface area contributed by atoms with Crippen LogP contribution in [-0.2, 0) is 0 Å². The molecule has 106 valence electrons. The molecule has 4 heteroatoms. The van der Waals surface area contributed by atoms with Crippen LogP contribution in [0.1, 0.15) is 32.6 Å². The fourth-order valence-electron chi connectivity index (χ4n) is 3.08. The maximum Gasteiger partial charge on any atom is 0.330 e. The summed E-state index contributed by atoms with van der Waals surface area (Å²) in [5.41, 5.74) is 1.90. The molecule has 1 unspecified atom stereocenters. The molecule has 20 heavy (non-hydrogen) atoms. The van der Waals surface area contributed by atoms with Crippen molar-refractivity contribution in [3.05, 3.63) is 47.1 Å². The second-order valence-corrected chi connectivity index (χ2v) is 5.66. The summed E-state index contributed by atoms with van der Waals surface area (Å²) in [5, 5.41) is 3.58. The third-order valence-electron chi connectivity index (χ3n) is 4.30. The van der Waals surface area contributed by atoms with Gasteiger partial charge in [-0.05, 0) is 49.9 Å². The number of benzene rings is 1. The molecule has 0 bridgehead atoms. The Morgan fingerprint density at radius 1 is 1.25 bits per heavy atom. The van der Waals surface area contributed by atoms with Gasteiger partial charge in [0, 0.05) is 24.1 Å². The van der Waals surface area contributed by atoms with Crippen LogP contribution in [0.3, 0.4) is 0 Å². The molecule has 1 heterocycles. The standard InChI is InChI=1S/C16H21N3O/c1-12(13-4-2-3-5-13)18-14-6-8-15(9-7-14)19-11-10-17-16(19)20/h6-13,18H,2-5H2,1H3,(H,17,20). The van der Waals surface area contributed by atoms with Crippen molar-refractivity contribution in [1.29, 1.82) is 0 Å². The van der Waals surface area contributed by atoms with E-state index in [2.05, 4.69) is 17.2 Å². The lowest BCUT2D eigenvalue weighted by Crippen LogP contribution is -2.23. The van der Waals surface area contributed by atoms with Crippen molar-refractivity contribution in [2.24, 2.45) is 5.92 Å². The van der Waals surface area contributed by atoms with E-state index in [1.165, 1.54) is 25.7 Å². The van der Waals surface area contributed by atoms with E-state index in [0.29, 0.717) is 6.04 Å². The second-order valence-electron chi connectivity index (χ2n) is 5.66. The van der Waals surface area contributed by atoms with E-state index < -0.39 is 0 Å². The third kappa shape index (κ3) is 2.64. The number of anilines is 1. The van der Waals surface area contributed by atoms with Gasteiger partial charge in [0.25, 0.3) is 0 Å². The van der Waals surface area contributed by atoms with Gasteiger partial charge in [0.15, 0.2) is 0 Å². The molecular formula is C16H21N3O. The molecule has 0 saturated heterocycles. The lowest BCUT2D eigenvalue weighted by atomic mass is 9.99. The van der Waals surface area contributed by atoms with Crippen LogP contribution < -0.4 is 11.0 Å². The number of imidazole rings is 1. The quantitative estimate of drug-likeness (QED) is 0.897. The number of rotatable bonds is 4. The molecule has 1 aliphatic rings. The summed E-state index contributed by atoms with van der Waals surface area (Å²) in [6, 6.07) is 8.54. The summed E-state index contributed by atoms with van der Waals surface area (Å²) >= 11 is 0. The average Bonchev–Trinajstić information content (AvgIpc) is 3.11. The zero-order valence-corrected chi connectivity index (χ0v) is 11.8. The lowest BCUT2D eigenvalue weighted by Gasteiger charge is -2.21. The van der Waals surface area contributed by atoms with Crippen molar-refractivity contribution in [3.63, 3.8) is 0 Å². The van der Waals surface area contributed by atoms with Gasteiger partial charge >= 0.3 is 5.69 Å². The maximum absolute atomic E-state index is 11.5. The highest BCUT2D eigenvalue weighted by Gasteiger charge is 2.21. The highest BCUT2D eigenvalue weighted by Crippen LogP contribution is 2.29. The molecule has 0 radical (unpaired) electrons. The molecule has 1 aromatic carbocycles. The van der Waals surface area contributed by atoms with Gasteiger partial charge in [0.1, 0.15) is 0 Å². The molecule has 3 rings (SSSR count). The molecule has 1 aromatic heterocycles. The highest BCUT2D eigenvalue weighted by atomic mass is 16.1. The molecule has 1 aliphatic carbocycles. The van der Waals surface area contributed by atoms with Gasteiger partial charge in [0.05, 0.1) is 5.69 Å². The minimum atomic E-state index is -0.106. The van der Waals surface area contributed by atoms with E-state index in [0.717, 1.165) is 17.3 Å². The molecule has 1 atom stereocenters. The Morgan fingerprint density at radius 2 is 1.95 bits per heavy atom. The van der Waals surface area contributed by atoms with Crippen molar-refractivity contribution in [3.8, 4) is 5.69 Å². The number of hydrogen-bond donors (Lipinski definition) is 2. The first-order chi connectivity index (χ1) is 9.74. The van der Waals surface area contributed by atoms with Crippen molar-refractivity contribution in [2.45, 2.75) is 38.6 Å². The van der Waals surface area contributed by atoms with Crippen LogP contribution in [0.4, 0.5) is 5.69 Å². The molecule has 0 amide bonds. The minimum absolute atomic E-state index is 0.106. The summed E-state index contributed by atoms with van der Waals surface area (Å²) in [7, 11) is 0. The van der Waals surface area contributed by atoms with Gasteiger partial charge < -0.3 is 10.3 Å². The normalized spacial score (nSPS) is 17.2. The monoisotopic (exact) mass is 271 g/mol. The van der Waals surface area contributed by atoms with Crippen LogP contribution in [0.15, 0.2) is 41.5 Å². The zero-order chi connectivity index (χ0) is 13.9. The predicted molar refractivity (Wildman–Crippen MR) is 81.4 cm³/mol. The van der Waals surface area contributed by atoms with Gasteiger partial charge in [-0.15, -0.1) is 0 Å². The van der Waals surface area contributed by atoms with Crippen molar-refractivity contribution in [2.75, 3.05) is 5.32 Å². The van der Waals surface area contributed by atoms with Crippen LogP contribution in [0, 0.1) is 5.92 Å². The summed E-state index contributed by atoms with van der Waals surface area (Å²) in [6.07, 6.45) is 8.80. The van der Waals surface area contributed by atoms with E-state index in [4.69, 9.17) is 0 Å². The Kier molecular flexibility index (Phi) is 3.63. The van der Waals surface area contributed by atoms with E-state index in [-0.39, 0.29) is 5.69 Å². The number of hydrogen-bond acceptors (Lipinski definition) is 2. The van der Waals surface area contributed by atoms with Gasteiger partial charge in [-0.3, -0.25) is 4.57 Å². The smallest absolute Gasteiger partial charge is 0.330 e. The van der Waals surface area contributed by atoms with E-state index in [1.807, 2.05) is 24.3 Å². The number of nitrogens with zero attached hydrogens (tertiary/aromatic N) is 1. The van der Waals surface area contributed by atoms with Gasteiger partial charge in [0.2, 0.25) is 0 Å². The Labute approximate surface area is 118 Å². The molecule has 1 fully saturated rings. The average molecular weight is 271 g/mol. The second kappa shape index (κ2) is 5.57. The van der Waals surface area contributed by atoms with Crippen LogP contribution in [-0.4, -0.2) is 15.6 Å². The van der Waals surface area contributed by atoms with Gasteiger partial charge in [-0.1, -0.05) is 12.8 Å². The van der Waals surface area contributed by atoms with Crippen LogP contribution in [0.25, 0.3) is 5.69 Å². The number of aromatic nitrogens is 2. The number of H-pyrrole nitrogens is 1.